The fraction of sp³-hybridized carbons (Fsp3) is 0.250. The number of aromatic nitrogens is 4. The molecule has 0 atom stereocenters. The van der Waals surface area contributed by atoms with Crippen LogP contribution in [0.5, 0.6) is 0 Å². The van der Waals surface area contributed by atoms with Crippen molar-refractivity contribution in [2.75, 3.05) is 5.32 Å². The second-order valence-electron chi connectivity index (χ2n) is 7.21. The van der Waals surface area contributed by atoms with E-state index in [1.165, 1.54) is 4.80 Å². The van der Waals surface area contributed by atoms with Gasteiger partial charge in [0.25, 0.3) is 0 Å². The van der Waals surface area contributed by atoms with E-state index in [0.29, 0.717) is 17.1 Å². The lowest BCUT2D eigenvalue weighted by atomic mass is 9.95. The lowest BCUT2D eigenvalue weighted by Crippen LogP contribution is -2.27. The van der Waals surface area contributed by atoms with E-state index in [1.54, 1.807) is 24.3 Å². The maximum Gasteiger partial charge on any atom is 0.229 e. The summed E-state index contributed by atoms with van der Waals surface area (Å²) in [6.07, 6.45) is 0. The number of nitrogens with one attached hydrogen (secondary N) is 1. The topological polar surface area (TPSA) is 89.8 Å². The molecule has 3 aromatic rings. The Bertz CT molecular complexity index is 941. The molecule has 7 heteroatoms. The molecule has 0 unspecified atom stereocenters. The second-order valence-corrected chi connectivity index (χ2v) is 7.21. The Morgan fingerprint density at radius 3 is 2.30 bits per heavy atom. The normalized spacial score (nSPS) is 11.2. The highest BCUT2D eigenvalue weighted by Gasteiger charge is 2.21. The molecule has 1 aromatic heterocycles. The van der Waals surface area contributed by atoms with Crippen LogP contribution >= 0.6 is 0 Å². The number of tetrazole rings is 1. The number of benzene rings is 2. The molecule has 0 saturated carbocycles. The van der Waals surface area contributed by atoms with E-state index in [4.69, 9.17) is 0 Å². The van der Waals surface area contributed by atoms with E-state index in [9.17, 15) is 9.59 Å². The molecule has 3 rings (SSSR count). The molecule has 7 nitrogen and oxygen atoms in total. The highest BCUT2D eigenvalue weighted by Crippen LogP contribution is 2.18. The minimum atomic E-state index is -0.482. The summed E-state index contributed by atoms with van der Waals surface area (Å²) in [6, 6.07) is 16.2. The van der Waals surface area contributed by atoms with Crippen molar-refractivity contribution < 1.29 is 9.59 Å². The Hall–Kier alpha value is -3.35. The van der Waals surface area contributed by atoms with Gasteiger partial charge in [-0.2, -0.15) is 4.80 Å². The Morgan fingerprint density at radius 1 is 1.00 bits per heavy atom. The van der Waals surface area contributed by atoms with Crippen molar-refractivity contribution in [2.45, 2.75) is 27.3 Å². The van der Waals surface area contributed by atoms with Gasteiger partial charge in [-0.3, -0.25) is 9.59 Å². The van der Waals surface area contributed by atoms with Crippen LogP contribution in [0.15, 0.2) is 54.6 Å². The highest BCUT2D eigenvalue weighted by molar-refractivity contribution is 5.97. The summed E-state index contributed by atoms with van der Waals surface area (Å²) in [5.74, 6) is 0.256. The van der Waals surface area contributed by atoms with Gasteiger partial charge in [0.05, 0.1) is 0 Å². The average molecular weight is 363 g/mol. The van der Waals surface area contributed by atoms with Crippen LogP contribution in [0.1, 0.15) is 31.1 Å². The number of rotatable bonds is 5. The number of anilines is 1. The second kappa shape index (κ2) is 7.49. The van der Waals surface area contributed by atoms with Gasteiger partial charge in [0.1, 0.15) is 6.54 Å². The van der Waals surface area contributed by atoms with Crippen LogP contribution < -0.4 is 5.32 Å². The number of ketones is 1. The number of carbonyl (C=O) groups excluding carboxylic acids is 2. The van der Waals surface area contributed by atoms with Crippen molar-refractivity contribution in [3.8, 4) is 11.4 Å². The molecule has 1 heterocycles. The molecule has 1 amide bonds. The minimum Gasteiger partial charge on any atom is -0.326 e. The molecular weight excluding hydrogens is 342 g/mol. The number of carbonyl (C=O) groups is 2. The van der Waals surface area contributed by atoms with Crippen LogP contribution in [0.3, 0.4) is 0 Å². The minimum absolute atomic E-state index is 0.00642. The Balaban J connectivity index is 1.65. The van der Waals surface area contributed by atoms with Gasteiger partial charge in [-0.05, 0) is 29.5 Å². The van der Waals surface area contributed by atoms with E-state index in [-0.39, 0.29) is 18.2 Å². The Kier molecular flexibility index (Phi) is 5.12. The summed E-state index contributed by atoms with van der Waals surface area (Å²) in [5, 5.41) is 15.0. The van der Waals surface area contributed by atoms with Gasteiger partial charge in [-0.1, -0.05) is 51.1 Å². The summed E-state index contributed by atoms with van der Waals surface area (Å²) in [4.78, 5) is 25.7. The molecule has 27 heavy (non-hydrogen) atoms. The van der Waals surface area contributed by atoms with Crippen LogP contribution in [0.4, 0.5) is 5.69 Å². The molecule has 0 aliphatic heterocycles. The number of Topliss-reactive ketones (excluding diaryl/α,β-unsaturated/α-hetero) is 1. The van der Waals surface area contributed by atoms with Crippen LogP contribution in [0.2, 0.25) is 0 Å². The van der Waals surface area contributed by atoms with Crippen molar-refractivity contribution in [2.24, 2.45) is 5.41 Å². The Labute approximate surface area is 157 Å². The molecule has 0 radical (unpaired) electrons. The van der Waals surface area contributed by atoms with Gasteiger partial charge in [-0.25, -0.2) is 0 Å². The van der Waals surface area contributed by atoms with Gasteiger partial charge in [0, 0.05) is 22.2 Å². The zero-order valence-electron chi connectivity index (χ0n) is 15.5. The monoisotopic (exact) mass is 363 g/mol. The molecule has 0 aliphatic rings. The van der Waals surface area contributed by atoms with E-state index in [2.05, 4.69) is 20.7 Å². The number of nitrogens with zero attached hydrogens (tertiary/aromatic N) is 4. The number of hydrogen-bond acceptors (Lipinski definition) is 5. The third kappa shape index (κ3) is 4.63. The summed E-state index contributed by atoms with van der Waals surface area (Å²) < 4.78 is 0. The Morgan fingerprint density at radius 2 is 1.67 bits per heavy atom. The first-order valence-corrected chi connectivity index (χ1v) is 8.61. The molecule has 2 aromatic carbocycles. The van der Waals surface area contributed by atoms with Crippen LogP contribution in [-0.2, 0) is 11.3 Å². The first-order chi connectivity index (χ1) is 12.8. The van der Waals surface area contributed by atoms with E-state index in [0.717, 1.165) is 5.56 Å². The molecule has 0 saturated heterocycles. The fourth-order valence-electron chi connectivity index (χ4n) is 2.29. The van der Waals surface area contributed by atoms with E-state index >= 15 is 0 Å². The van der Waals surface area contributed by atoms with Crippen LogP contribution in [-0.4, -0.2) is 31.9 Å². The lowest BCUT2D eigenvalue weighted by Gasteiger charge is -2.17. The zero-order chi connectivity index (χ0) is 19.4. The highest BCUT2D eigenvalue weighted by atomic mass is 16.2. The molecule has 0 fully saturated rings. The predicted molar refractivity (Wildman–Crippen MR) is 102 cm³/mol. The first-order valence-electron chi connectivity index (χ1n) is 8.61. The third-order valence-electron chi connectivity index (χ3n) is 3.92. The van der Waals surface area contributed by atoms with Gasteiger partial charge in [-0.15, -0.1) is 10.2 Å². The molecule has 1 N–H and O–H groups in total. The van der Waals surface area contributed by atoms with Crippen LogP contribution in [0.25, 0.3) is 11.4 Å². The molecular formula is C20H21N5O2. The zero-order valence-corrected chi connectivity index (χ0v) is 15.5. The number of amides is 1. The summed E-state index contributed by atoms with van der Waals surface area (Å²) >= 11 is 0. The fourth-order valence-corrected chi connectivity index (χ4v) is 2.29. The van der Waals surface area contributed by atoms with Gasteiger partial charge in [0.2, 0.25) is 11.7 Å². The summed E-state index contributed by atoms with van der Waals surface area (Å²) in [7, 11) is 0. The first kappa shape index (κ1) is 18.4. The van der Waals surface area contributed by atoms with Crippen molar-refractivity contribution in [3.63, 3.8) is 0 Å². The average Bonchev–Trinajstić information content (AvgIpc) is 3.10. The lowest BCUT2D eigenvalue weighted by molar-refractivity contribution is -0.123. The van der Waals surface area contributed by atoms with Crippen molar-refractivity contribution in [1.29, 1.82) is 0 Å². The molecule has 0 spiro atoms. The molecule has 0 aliphatic carbocycles. The third-order valence-corrected chi connectivity index (χ3v) is 3.92. The van der Waals surface area contributed by atoms with Crippen molar-refractivity contribution >= 4 is 17.4 Å². The maximum absolute atomic E-state index is 12.4. The predicted octanol–water partition coefficient (Wildman–Crippen LogP) is 3.21. The molecule has 138 valence electrons. The summed E-state index contributed by atoms with van der Waals surface area (Å²) in [5.41, 5.74) is 1.53. The summed E-state index contributed by atoms with van der Waals surface area (Å²) in [6.45, 7) is 5.52. The standard InChI is InChI=1S/C20H21N5O2/c1-20(2,3)19(27)21-16-11-9-14(10-12-16)17(26)13-25-23-18(22-24-25)15-7-5-4-6-8-15/h4-12H,13H2,1-3H3,(H,21,27). The SMILES string of the molecule is CC(C)(C)C(=O)Nc1ccc(C(=O)Cn2nnc(-c3ccccc3)n2)cc1. The van der Waals surface area contributed by atoms with Crippen molar-refractivity contribution in [1.82, 2.24) is 20.2 Å². The smallest absolute Gasteiger partial charge is 0.229 e. The largest absolute Gasteiger partial charge is 0.326 e. The van der Waals surface area contributed by atoms with Crippen molar-refractivity contribution in [3.05, 3.63) is 60.2 Å². The molecule has 0 bridgehead atoms. The van der Waals surface area contributed by atoms with Gasteiger partial charge in [0.15, 0.2) is 5.78 Å². The van der Waals surface area contributed by atoms with Gasteiger partial charge >= 0.3 is 0 Å². The quantitative estimate of drug-likeness (QED) is 0.703. The van der Waals surface area contributed by atoms with E-state index in [1.807, 2.05) is 51.1 Å². The number of hydrogen-bond donors (Lipinski definition) is 1. The van der Waals surface area contributed by atoms with Crippen LogP contribution in [0, 0.1) is 5.41 Å². The maximum atomic E-state index is 12.4. The van der Waals surface area contributed by atoms with Gasteiger partial charge < -0.3 is 5.32 Å². The van der Waals surface area contributed by atoms with E-state index < -0.39 is 5.41 Å².